The molecule has 2 rings (SSSR count). The van der Waals surface area contributed by atoms with Gasteiger partial charge in [-0.15, -0.1) is 0 Å². The Kier molecular flexibility index (Phi) is 8.02. The maximum absolute atomic E-state index is 12.2. The Morgan fingerprint density at radius 2 is 1.81 bits per heavy atom. The van der Waals surface area contributed by atoms with Crippen LogP contribution >= 0.6 is 0 Å². The van der Waals surface area contributed by atoms with Crippen LogP contribution < -0.4 is 14.2 Å². The van der Waals surface area contributed by atoms with Gasteiger partial charge in [0.2, 0.25) is 5.88 Å². The second-order valence-electron chi connectivity index (χ2n) is 6.01. The molecule has 0 atom stereocenters. The van der Waals surface area contributed by atoms with E-state index in [0.29, 0.717) is 24.8 Å². The van der Waals surface area contributed by atoms with Crippen molar-refractivity contribution in [3.8, 4) is 17.4 Å². The zero-order valence-corrected chi connectivity index (χ0v) is 16.8. The van der Waals surface area contributed by atoms with Gasteiger partial charge in [0.1, 0.15) is 11.5 Å². The van der Waals surface area contributed by atoms with Crippen molar-refractivity contribution in [3.63, 3.8) is 0 Å². The summed E-state index contributed by atoms with van der Waals surface area (Å²) in [7, 11) is -1.93. The van der Waals surface area contributed by atoms with Crippen LogP contribution in [0.25, 0.3) is 0 Å². The molecule has 1 aromatic carbocycles. The predicted molar refractivity (Wildman–Crippen MR) is 105 cm³/mol. The lowest BCUT2D eigenvalue weighted by molar-refractivity contribution is 0.339. The fraction of sp³-hybridized carbons (Fsp3) is 0.421. The molecule has 7 nitrogen and oxygen atoms in total. The Bertz CT molecular complexity index is 810. The fourth-order valence-corrected chi connectivity index (χ4v) is 3.23. The van der Waals surface area contributed by atoms with Crippen molar-refractivity contribution in [1.82, 2.24) is 14.0 Å². The molecule has 0 amide bonds. The van der Waals surface area contributed by atoms with Gasteiger partial charge in [0.05, 0.1) is 6.61 Å². The number of rotatable bonds is 11. The van der Waals surface area contributed by atoms with Crippen LogP contribution in [-0.2, 0) is 16.8 Å². The second-order valence-corrected chi connectivity index (χ2v) is 7.87. The summed E-state index contributed by atoms with van der Waals surface area (Å²) < 4.78 is 39.5. The Labute approximate surface area is 161 Å². The number of nitrogens with one attached hydrogen (secondary N) is 1. The van der Waals surface area contributed by atoms with Gasteiger partial charge in [-0.1, -0.05) is 13.3 Å². The maximum atomic E-state index is 12.2. The lowest BCUT2D eigenvalue weighted by atomic mass is 10.3. The molecule has 0 bridgehead atoms. The third-order valence-electron chi connectivity index (χ3n) is 3.85. The minimum atomic E-state index is -3.50. The summed E-state index contributed by atoms with van der Waals surface area (Å²) in [5.41, 5.74) is 0.762. The standard InChI is InChI=1S/C19H27N3O4S/c1-4-6-13-22(3)27(23,24)21-15-16-11-12-20-19(14-16)26-18-9-7-17(8-10-18)25-5-2/h7-12,14,21H,4-6,13,15H2,1-3H3. The van der Waals surface area contributed by atoms with Gasteiger partial charge in [-0.25, -0.2) is 4.98 Å². The molecule has 0 saturated heterocycles. The van der Waals surface area contributed by atoms with E-state index in [9.17, 15) is 8.42 Å². The fourth-order valence-electron chi connectivity index (χ4n) is 2.29. The van der Waals surface area contributed by atoms with Gasteiger partial charge in [0.15, 0.2) is 0 Å². The van der Waals surface area contributed by atoms with E-state index in [2.05, 4.69) is 9.71 Å². The highest BCUT2D eigenvalue weighted by Gasteiger charge is 2.16. The molecule has 0 unspecified atom stereocenters. The molecule has 0 spiro atoms. The SMILES string of the molecule is CCCCN(C)S(=O)(=O)NCc1ccnc(Oc2ccc(OCC)cc2)c1. The van der Waals surface area contributed by atoms with Gasteiger partial charge in [0.25, 0.3) is 10.2 Å². The zero-order chi connectivity index (χ0) is 19.7. The molecule has 2 aromatic rings. The highest BCUT2D eigenvalue weighted by Crippen LogP contribution is 2.23. The van der Waals surface area contributed by atoms with Gasteiger partial charge in [0, 0.05) is 32.4 Å². The molecule has 0 radical (unpaired) electrons. The van der Waals surface area contributed by atoms with Crippen molar-refractivity contribution in [2.75, 3.05) is 20.2 Å². The molecule has 0 aliphatic rings. The van der Waals surface area contributed by atoms with Crippen molar-refractivity contribution in [2.24, 2.45) is 0 Å². The molecule has 1 heterocycles. The first-order valence-corrected chi connectivity index (χ1v) is 10.4. The maximum Gasteiger partial charge on any atom is 0.279 e. The Morgan fingerprint density at radius 3 is 2.48 bits per heavy atom. The van der Waals surface area contributed by atoms with Crippen LogP contribution in [0.15, 0.2) is 42.6 Å². The largest absolute Gasteiger partial charge is 0.494 e. The Hall–Kier alpha value is -2.16. The molecule has 1 N–H and O–H groups in total. The Balaban J connectivity index is 1.96. The third-order valence-corrected chi connectivity index (χ3v) is 5.36. The van der Waals surface area contributed by atoms with E-state index < -0.39 is 10.2 Å². The molecule has 8 heteroatoms. The predicted octanol–water partition coefficient (Wildman–Crippen LogP) is 3.34. The van der Waals surface area contributed by atoms with Crippen LogP contribution in [0.3, 0.4) is 0 Å². The molecule has 148 valence electrons. The first-order valence-electron chi connectivity index (χ1n) is 9.01. The van der Waals surface area contributed by atoms with Crippen molar-refractivity contribution >= 4 is 10.2 Å². The highest BCUT2D eigenvalue weighted by atomic mass is 32.2. The van der Waals surface area contributed by atoms with Crippen LogP contribution in [0.2, 0.25) is 0 Å². The topological polar surface area (TPSA) is 80.8 Å². The summed E-state index contributed by atoms with van der Waals surface area (Å²) in [5, 5.41) is 0. The van der Waals surface area contributed by atoms with Crippen molar-refractivity contribution in [2.45, 2.75) is 33.2 Å². The van der Waals surface area contributed by atoms with Crippen LogP contribution in [-0.4, -0.2) is 37.9 Å². The van der Waals surface area contributed by atoms with Crippen LogP contribution in [0.5, 0.6) is 17.4 Å². The minimum absolute atomic E-state index is 0.168. The summed E-state index contributed by atoms with van der Waals surface area (Å²) in [6, 6.07) is 10.7. The summed E-state index contributed by atoms with van der Waals surface area (Å²) in [6.45, 7) is 5.22. The van der Waals surface area contributed by atoms with Crippen LogP contribution in [0.1, 0.15) is 32.3 Å². The molecule has 0 aliphatic carbocycles. The van der Waals surface area contributed by atoms with E-state index in [1.54, 1.807) is 37.5 Å². The van der Waals surface area contributed by atoms with E-state index in [4.69, 9.17) is 9.47 Å². The Morgan fingerprint density at radius 1 is 1.11 bits per heavy atom. The summed E-state index contributed by atoms with van der Waals surface area (Å²) in [6.07, 6.45) is 3.36. The number of unbranched alkanes of at least 4 members (excludes halogenated alkanes) is 1. The minimum Gasteiger partial charge on any atom is -0.494 e. The molecule has 0 aliphatic heterocycles. The number of pyridine rings is 1. The molecule has 27 heavy (non-hydrogen) atoms. The van der Waals surface area contributed by atoms with Crippen LogP contribution in [0.4, 0.5) is 0 Å². The van der Waals surface area contributed by atoms with Gasteiger partial charge in [-0.3, -0.25) is 0 Å². The first-order chi connectivity index (χ1) is 12.9. The molecule has 0 fully saturated rings. The van der Waals surface area contributed by atoms with E-state index in [1.807, 2.05) is 26.0 Å². The molecular weight excluding hydrogens is 366 g/mol. The number of aromatic nitrogens is 1. The van der Waals surface area contributed by atoms with Crippen LogP contribution in [0, 0.1) is 0 Å². The smallest absolute Gasteiger partial charge is 0.279 e. The average Bonchev–Trinajstić information content (AvgIpc) is 2.66. The number of benzene rings is 1. The van der Waals surface area contributed by atoms with E-state index >= 15 is 0 Å². The van der Waals surface area contributed by atoms with Gasteiger partial charge >= 0.3 is 0 Å². The lowest BCUT2D eigenvalue weighted by Gasteiger charge is -2.17. The van der Waals surface area contributed by atoms with E-state index in [0.717, 1.165) is 24.2 Å². The van der Waals surface area contributed by atoms with Gasteiger partial charge < -0.3 is 9.47 Å². The molecule has 1 aromatic heterocycles. The van der Waals surface area contributed by atoms with Gasteiger partial charge in [-0.2, -0.15) is 17.4 Å². The average molecular weight is 394 g/mol. The summed E-state index contributed by atoms with van der Waals surface area (Å²) >= 11 is 0. The van der Waals surface area contributed by atoms with Gasteiger partial charge in [-0.05, 0) is 49.2 Å². The molecular formula is C19H27N3O4S. The normalized spacial score (nSPS) is 11.6. The van der Waals surface area contributed by atoms with Crippen molar-refractivity contribution < 1.29 is 17.9 Å². The zero-order valence-electron chi connectivity index (χ0n) is 16.0. The molecule has 0 saturated carbocycles. The number of hydrogen-bond donors (Lipinski definition) is 1. The van der Waals surface area contributed by atoms with E-state index in [-0.39, 0.29) is 6.54 Å². The quantitative estimate of drug-likeness (QED) is 0.633. The summed E-state index contributed by atoms with van der Waals surface area (Å²) in [4.78, 5) is 4.17. The lowest BCUT2D eigenvalue weighted by Crippen LogP contribution is -2.38. The number of ether oxygens (including phenoxy) is 2. The summed E-state index contributed by atoms with van der Waals surface area (Å²) in [5.74, 6) is 1.80. The first kappa shape index (κ1) is 21.1. The van der Waals surface area contributed by atoms with Crippen molar-refractivity contribution in [1.29, 1.82) is 0 Å². The third kappa shape index (κ3) is 6.82. The number of hydrogen-bond acceptors (Lipinski definition) is 5. The number of nitrogens with zero attached hydrogens (tertiary/aromatic N) is 2. The monoisotopic (exact) mass is 393 g/mol. The van der Waals surface area contributed by atoms with Crippen molar-refractivity contribution in [3.05, 3.63) is 48.2 Å². The highest BCUT2D eigenvalue weighted by molar-refractivity contribution is 7.87. The van der Waals surface area contributed by atoms with E-state index in [1.165, 1.54) is 4.31 Å². The second kappa shape index (κ2) is 10.2.